The summed E-state index contributed by atoms with van der Waals surface area (Å²) in [6.07, 6.45) is -10.2. The van der Waals surface area contributed by atoms with Crippen molar-refractivity contribution in [2.45, 2.75) is 48.5 Å². The van der Waals surface area contributed by atoms with Crippen molar-refractivity contribution in [2.75, 3.05) is 0 Å². The number of ketones is 1. The van der Waals surface area contributed by atoms with Crippen LogP contribution in [0.1, 0.15) is 47.2 Å². The van der Waals surface area contributed by atoms with Crippen molar-refractivity contribution in [3.63, 3.8) is 0 Å². The summed E-state index contributed by atoms with van der Waals surface area (Å²) in [4.78, 5) is 12.7. The van der Waals surface area contributed by atoms with Crippen LogP contribution in [0.25, 0.3) is 0 Å². The topological polar surface area (TPSA) is 51.2 Å². The minimum Gasteiger partial charge on any atom is -0.294 e. The molecule has 2 aliphatic rings. The van der Waals surface area contributed by atoms with Gasteiger partial charge in [0.15, 0.2) is 15.6 Å². The first-order valence-electron chi connectivity index (χ1n) is 7.87. The third-order valence-electron chi connectivity index (χ3n) is 5.13. The number of alkyl halides is 6. The predicted molar refractivity (Wildman–Crippen MR) is 79.2 cm³/mol. The second-order valence-corrected chi connectivity index (χ2v) is 9.18. The first kappa shape index (κ1) is 19.2. The summed E-state index contributed by atoms with van der Waals surface area (Å²) < 4.78 is 103. The molecule has 3 nitrogen and oxygen atoms in total. The third-order valence-corrected chi connectivity index (χ3v) is 7.84. The summed E-state index contributed by atoms with van der Waals surface area (Å²) in [6.45, 7) is 0. The fourth-order valence-corrected chi connectivity index (χ4v) is 6.39. The quantitative estimate of drug-likeness (QED) is 0.551. The molecule has 10 heteroatoms. The van der Waals surface area contributed by atoms with E-state index in [9.17, 15) is 39.6 Å². The van der Waals surface area contributed by atoms with Crippen LogP contribution in [0.2, 0.25) is 0 Å². The van der Waals surface area contributed by atoms with E-state index in [4.69, 9.17) is 0 Å². The first-order chi connectivity index (χ1) is 11.8. The van der Waals surface area contributed by atoms with Gasteiger partial charge in [-0.25, -0.2) is 8.42 Å². The molecule has 0 aromatic heterocycles. The molecule has 0 aliphatic carbocycles. The molecule has 2 unspecified atom stereocenters. The summed E-state index contributed by atoms with van der Waals surface area (Å²) in [5.74, 6) is -2.45. The molecule has 2 heterocycles. The van der Waals surface area contributed by atoms with Gasteiger partial charge in [-0.15, -0.1) is 0 Å². The number of carbonyl (C=O) groups is 1. The Morgan fingerprint density at radius 3 is 1.69 bits per heavy atom. The molecule has 2 aliphatic heterocycles. The van der Waals surface area contributed by atoms with Crippen molar-refractivity contribution < 1.29 is 39.6 Å². The van der Waals surface area contributed by atoms with Crippen molar-refractivity contribution in [2.24, 2.45) is 5.92 Å². The maximum atomic E-state index is 13.2. The Kier molecular flexibility index (Phi) is 4.40. The Hall–Kier alpha value is -1.58. The Bertz CT molecular complexity index is 788. The lowest BCUT2D eigenvalue weighted by Gasteiger charge is -2.28. The fourth-order valence-electron chi connectivity index (χ4n) is 3.92. The van der Waals surface area contributed by atoms with Crippen LogP contribution >= 0.6 is 0 Å². The van der Waals surface area contributed by atoms with Gasteiger partial charge in [0.1, 0.15) is 0 Å². The average molecular weight is 400 g/mol. The van der Waals surface area contributed by atoms with Crippen LogP contribution in [0, 0.1) is 5.92 Å². The first-order valence-corrected chi connectivity index (χ1v) is 9.48. The Balaban J connectivity index is 2.07. The van der Waals surface area contributed by atoms with Crippen LogP contribution < -0.4 is 0 Å². The number of hydrogen-bond acceptors (Lipinski definition) is 3. The maximum Gasteiger partial charge on any atom is 0.417 e. The molecular weight excluding hydrogens is 386 g/mol. The zero-order valence-electron chi connectivity index (χ0n) is 13.2. The number of rotatable bonds is 2. The molecule has 0 saturated carbocycles. The highest BCUT2D eigenvalue weighted by atomic mass is 32.2. The second kappa shape index (κ2) is 5.97. The van der Waals surface area contributed by atoms with Crippen LogP contribution in [0.5, 0.6) is 0 Å². The van der Waals surface area contributed by atoms with Crippen LogP contribution in [0.4, 0.5) is 26.3 Å². The maximum absolute atomic E-state index is 13.2. The molecule has 2 atom stereocenters. The molecule has 3 rings (SSSR count). The minimum atomic E-state index is -5.13. The van der Waals surface area contributed by atoms with Gasteiger partial charge in [-0.3, -0.25) is 4.79 Å². The highest BCUT2D eigenvalue weighted by Crippen LogP contribution is 2.45. The van der Waals surface area contributed by atoms with Crippen molar-refractivity contribution in [1.82, 2.24) is 0 Å². The minimum absolute atomic E-state index is 0.235. The highest BCUT2D eigenvalue weighted by Gasteiger charge is 2.51. The number of sulfone groups is 1. The number of hydrogen-bond donors (Lipinski definition) is 0. The summed E-state index contributed by atoms with van der Waals surface area (Å²) in [5.41, 5.74) is -4.69. The van der Waals surface area contributed by atoms with Crippen molar-refractivity contribution in [1.29, 1.82) is 0 Å². The third kappa shape index (κ3) is 3.12. The van der Waals surface area contributed by atoms with Gasteiger partial charge >= 0.3 is 12.4 Å². The lowest BCUT2D eigenvalue weighted by molar-refractivity contribution is -0.143. The van der Waals surface area contributed by atoms with E-state index in [1.165, 1.54) is 0 Å². The molecule has 0 spiro atoms. The molecule has 2 saturated heterocycles. The van der Waals surface area contributed by atoms with Crippen molar-refractivity contribution >= 4 is 15.6 Å². The summed E-state index contributed by atoms with van der Waals surface area (Å²) >= 11 is 0. The van der Waals surface area contributed by atoms with Crippen LogP contribution in [-0.4, -0.2) is 24.7 Å². The highest BCUT2D eigenvalue weighted by molar-refractivity contribution is 7.93. The Morgan fingerprint density at radius 1 is 0.885 bits per heavy atom. The molecule has 2 fully saturated rings. The fraction of sp³-hybridized carbons (Fsp3) is 0.562. The van der Waals surface area contributed by atoms with E-state index in [1.54, 1.807) is 0 Å². The predicted octanol–water partition coefficient (Wildman–Crippen LogP) is 4.26. The van der Waals surface area contributed by atoms with Gasteiger partial charge in [0.25, 0.3) is 0 Å². The zero-order valence-corrected chi connectivity index (χ0v) is 14.0. The van der Waals surface area contributed by atoms with E-state index in [0.717, 1.165) is 0 Å². The molecule has 1 aromatic carbocycles. The number of Topliss-reactive ketones (excluding diaryl/α,β-unsaturated/α-hetero) is 1. The van der Waals surface area contributed by atoms with E-state index < -0.39 is 61.1 Å². The Morgan fingerprint density at radius 2 is 1.31 bits per heavy atom. The van der Waals surface area contributed by atoms with Crippen LogP contribution in [0.15, 0.2) is 18.2 Å². The molecular formula is C16H14F6O3S. The number of carbonyl (C=O) groups excluding carboxylic acids is 1. The van der Waals surface area contributed by atoms with Crippen LogP contribution in [-0.2, 0) is 22.2 Å². The van der Waals surface area contributed by atoms with E-state index in [1.807, 2.05) is 0 Å². The standard InChI is InChI=1S/C16H14F6O3S/c17-15(18,19)11-2-1-3-12(16(20,21)22)13(11)14(23)8-6-9-4-5-10(7-8)26(9,24)25/h1-3,8-10H,4-7H2. The molecule has 2 bridgehead atoms. The van der Waals surface area contributed by atoms with Crippen LogP contribution in [0.3, 0.4) is 0 Å². The summed E-state index contributed by atoms with van der Waals surface area (Å²) in [5, 5.41) is -1.75. The SMILES string of the molecule is O=C(c1c(C(F)(F)F)cccc1C(F)(F)F)C1CC2CCC(C1)S2(=O)=O. The molecule has 0 N–H and O–H groups in total. The van der Waals surface area contributed by atoms with Gasteiger partial charge in [-0.05, 0) is 37.8 Å². The normalized spacial score (nSPS) is 28.2. The monoisotopic (exact) mass is 400 g/mol. The van der Waals surface area contributed by atoms with Gasteiger partial charge in [0.2, 0.25) is 0 Å². The Labute approximate surface area is 145 Å². The zero-order chi connectivity index (χ0) is 19.5. The summed E-state index contributed by atoms with van der Waals surface area (Å²) in [7, 11) is -3.45. The smallest absolute Gasteiger partial charge is 0.294 e. The number of fused-ring (bicyclic) bond motifs is 2. The van der Waals surface area contributed by atoms with E-state index in [0.29, 0.717) is 18.2 Å². The lowest BCUT2D eigenvalue weighted by atomic mass is 9.85. The van der Waals surface area contributed by atoms with Gasteiger partial charge in [-0.1, -0.05) is 6.07 Å². The molecule has 1 aromatic rings. The molecule has 0 radical (unpaired) electrons. The average Bonchev–Trinajstić information content (AvgIpc) is 2.70. The molecule has 144 valence electrons. The number of benzene rings is 1. The van der Waals surface area contributed by atoms with Gasteiger partial charge in [-0.2, -0.15) is 26.3 Å². The largest absolute Gasteiger partial charge is 0.417 e. The lowest BCUT2D eigenvalue weighted by Crippen LogP contribution is -2.37. The van der Waals surface area contributed by atoms with Crippen molar-refractivity contribution in [3.05, 3.63) is 34.9 Å². The van der Waals surface area contributed by atoms with Gasteiger partial charge in [0, 0.05) is 11.5 Å². The van der Waals surface area contributed by atoms with E-state index >= 15 is 0 Å². The molecule has 26 heavy (non-hydrogen) atoms. The van der Waals surface area contributed by atoms with E-state index in [2.05, 4.69) is 0 Å². The summed E-state index contributed by atoms with van der Waals surface area (Å²) in [6, 6.07) is 1.49. The van der Waals surface area contributed by atoms with Gasteiger partial charge < -0.3 is 0 Å². The molecule has 0 amide bonds. The van der Waals surface area contributed by atoms with Crippen molar-refractivity contribution in [3.8, 4) is 0 Å². The van der Waals surface area contributed by atoms with Gasteiger partial charge in [0.05, 0.1) is 21.6 Å². The van der Waals surface area contributed by atoms with E-state index in [-0.39, 0.29) is 25.7 Å². The second-order valence-electron chi connectivity index (χ2n) is 6.67. The number of halogens is 6.